The van der Waals surface area contributed by atoms with E-state index in [1.807, 2.05) is 0 Å². The minimum Gasteiger partial charge on any atom is -0.429 e. The Hall–Kier alpha value is -1.42. The maximum atomic E-state index is 10.9. The normalized spacial score (nSPS) is 21.8. The molecule has 0 saturated heterocycles. The van der Waals surface area contributed by atoms with Gasteiger partial charge in [-0.2, -0.15) is 0 Å². The van der Waals surface area contributed by atoms with Gasteiger partial charge in [-0.05, 0) is 25.0 Å². The second kappa shape index (κ2) is 4.57. The summed E-state index contributed by atoms with van der Waals surface area (Å²) in [5.74, 6) is -0.480. The van der Waals surface area contributed by atoms with Crippen molar-refractivity contribution in [3.05, 3.63) is 23.8 Å². The van der Waals surface area contributed by atoms with Gasteiger partial charge in [0, 0.05) is 5.57 Å². The highest BCUT2D eigenvalue weighted by atomic mass is 16.6. The number of aliphatic hydroxyl groups is 1. The van der Waals surface area contributed by atoms with Gasteiger partial charge in [-0.1, -0.05) is 6.08 Å². The van der Waals surface area contributed by atoms with Crippen molar-refractivity contribution in [1.29, 1.82) is 0 Å². The van der Waals surface area contributed by atoms with Crippen LogP contribution in [0.4, 0.5) is 0 Å². The molecule has 0 aromatic heterocycles. The van der Waals surface area contributed by atoms with Crippen LogP contribution in [0, 0.1) is 0 Å². The summed E-state index contributed by atoms with van der Waals surface area (Å²) in [6, 6.07) is 0. The van der Waals surface area contributed by atoms with Crippen molar-refractivity contribution >= 4 is 12.3 Å². The van der Waals surface area contributed by atoms with Gasteiger partial charge in [0.25, 0.3) is 0 Å². The predicted octanol–water partition coefficient (Wildman–Crippen LogP) is 0.323. The van der Waals surface area contributed by atoms with Gasteiger partial charge >= 0.3 is 5.97 Å². The van der Waals surface area contributed by atoms with Gasteiger partial charge in [0.05, 0.1) is 0 Å². The van der Waals surface area contributed by atoms with E-state index in [-0.39, 0.29) is 0 Å². The Labute approximate surface area is 75.5 Å². The van der Waals surface area contributed by atoms with E-state index < -0.39 is 12.3 Å². The molecule has 0 spiro atoms. The summed E-state index contributed by atoms with van der Waals surface area (Å²) >= 11 is 0. The zero-order chi connectivity index (χ0) is 9.68. The van der Waals surface area contributed by atoms with Crippen LogP contribution in [0.25, 0.3) is 0 Å². The first-order valence-electron chi connectivity index (χ1n) is 3.94. The van der Waals surface area contributed by atoms with Crippen LogP contribution in [-0.2, 0) is 14.3 Å². The summed E-state index contributed by atoms with van der Waals surface area (Å²) in [6.45, 7) is 0. The van der Waals surface area contributed by atoms with Crippen LogP contribution in [-0.4, -0.2) is 23.7 Å². The second-order valence-electron chi connectivity index (χ2n) is 2.59. The number of allylic oxidation sites excluding steroid dienone is 2. The Balaban J connectivity index is 2.37. The van der Waals surface area contributed by atoms with E-state index in [1.165, 1.54) is 12.2 Å². The molecule has 4 heteroatoms. The quantitative estimate of drug-likeness (QED) is 0.386. The first kappa shape index (κ1) is 9.67. The molecule has 1 aliphatic rings. The minimum atomic E-state index is -1.10. The number of carbonyl (C=O) groups is 2. The van der Waals surface area contributed by atoms with Crippen molar-refractivity contribution in [2.45, 2.75) is 19.1 Å². The highest BCUT2D eigenvalue weighted by Gasteiger charge is 2.22. The summed E-state index contributed by atoms with van der Waals surface area (Å²) in [5, 5.41) is 8.88. The molecule has 0 aliphatic carbocycles. The molecule has 0 radical (unpaired) electrons. The first-order valence-corrected chi connectivity index (χ1v) is 3.94. The van der Waals surface area contributed by atoms with Crippen LogP contribution in [0.15, 0.2) is 23.8 Å². The molecule has 4 nitrogen and oxygen atoms in total. The third-order valence-electron chi connectivity index (χ3n) is 1.63. The van der Waals surface area contributed by atoms with E-state index in [1.54, 1.807) is 6.08 Å². The van der Waals surface area contributed by atoms with Crippen LogP contribution in [0.3, 0.4) is 0 Å². The Morgan fingerprint density at radius 1 is 1.62 bits per heavy atom. The zero-order valence-corrected chi connectivity index (χ0v) is 6.97. The van der Waals surface area contributed by atoms with Crippen LogP contribution >= 0.6 is 0 Å². The fraction of sp³-hybridized carbons (Fsp3) is 0.333. The van der Waals surface area contributed by atoms with Crippen LogP contribution in [0.5, 0.6) is 0 Å². The summed E-state index contributed by atoms with van der Waals surface area (Å²) in [7, 11) is 0. The van der Waals surface area contributed by atoms with Crippen molar-refractivity contribution in [3.63, 3.8) is 0 Å². The highest BCUT2D eigenvalue weighted by Crippen LogP contribution is 2.16. The van der Waals surface area contributed by atoms with Crippen molar-refractivity contribution in [2.24, 2.45) is 0 Å². The average Bonchev–Trinajstić information content (AvgIpc) is 2.39. The molecule has 1 rings (SSSR count). The largest absolute Gasteiger partial charge is 0.429 e. The van der Waals surface area contributed by atoms with Crippen molar-refractivity contribution in [1.82, 2.24) is 0 Å². The number of hydrogen-bond donors (Lipinski definition) is 1. The highest BCUT2D eigenvalue weighted by molar-refractivity contribution is 5.90. The van der Waals surface area contributed by atoms with E-state index >= 15 is 0 Å². The van der Waals surface area contributed by atoms with E-state index in [0.29, 0.717) is 24.7 Å². The van der Waals surface area contributed by atoms with Crippen molar-refractivity contribution in [2.75, 3.05) is 0 Å². The van der Waals surface area contributed by atoms with E-state index in [0.717, 1.165) is 0 Å². The van der Waals surface area contributed by atoms with Crippen molar-refractivity contribution in [3.8, 4) is 0 Å². The molecule has 0 aromatic carbocycles. The first-order chi connectivity index (χ1) is 6.24. The minimum absolute atomic E-state index is 0.461. The fourth-order valence-electron chi connectivity index (χ4n) is 1.04. The molecule has 0 saturated carbocycles. The topological polar surface area (TPSA) is 63.6 Å². The molecule has 1 atom stereocenters. The number of aliphatic hydroxyl groups excluding tert-OH is 1. The van der Waals surface area contributed by atoms with Crippen LogP contribution < -0.4 is 0 Å². The fourth-order valence-corrected chi connectivity index (χ4v) is 1.04. The number of aldehydes is 1. The van der Waals surface area contributed by atoms with E-state index in [2.05, 4.69) is 4.74 Å². The van der Waals surface area contributed by atoms with Gasteiger partial charge < -0.3 is 9.84 Å². The van der Waals surface area contributed by atoms with Gasteiger partial charge in [0.2, 0.25) is 6.29 Å². The number of ether oxygens (including phenoxy) is 1. The second-order valence-corrected chi connectivity index (χ2v) is 2.59. The lowest BCUT2D eigenvalue weighted by Gasteiger charge is -1.96. The lowest BCUT2D eigenvalue weighted by atomic mass is 10.1. The van der Waals surface area contributed by atoms with Gasteiger partial charge in [0.15, 0.2) is 0 Å². The average molecular weight is 182 g/mol. The van der Waals surface area contributed by atoms with Crippen LogP contribution in [0.1, 0.15) is 12.8 Å². The van der Waals surface area contributed by atoms with E-state index in [4.69, 9.17) is 5.11 Å². The molecule has 1 aliphatic heterocycles. The van der Waals surface area contributed by atoms with Gasteiger partial charge in [-0.3, -0.25) is 4.79 Å². The smallest absolute Gasteiger partial charge is 0.336 e. The van der Waals surface area contributed by atoms with Gasteiger partial charge in [-0.15, -0.1) is 0 Å². The maximum Gasteiger partial charge on any atom is 0.336 e. The van der Waals surface area contributed by atoms with Crippen molar-refractivity contribution < 1.29 is 19.4 Å². The summed E-state index contributed by atoms with van der Waals surface area (Å²) in [6.07, 6.45) is 5.06. The SMILES string of the molecule is O=CC=CCCC1=CC(O)OC1=O. The van der Waals surface area contributed by atoms with Gasteiger partial charge in [0.1, 0.15) is 6.29 Å². The zero-order valence-electron chi connectivity index (χ0n) is 6.97. The third-order valence-corrected chi connectivity index (χ3v) is 1.63. The van der Waals surface area contributed by atoms with Crippen LogP contribution in [0.2, 0.25) is 0 Å². The standard InChI is InChI=1S/C9H10O4/c10-5-3-1-2-4-7-6-8(11)13-9(7)12/h1,3,5-6,8,11H,2,4H2. The Morgan fingerprint density at radius 3 is 2.92 bits per heavy atom. The molecule has 0 fully saturated rings. The molecule has 1 unspecified atom stereocenters. The number of carbonyl (C=O) groups excluding carboxylic acids is 2. The molecule has 0 amide bonds. The number of hydrogen-bond acceptors (Lipinski definition) is 4. The molecule has 1 N–H and O–H groups in total. The lowest BCUT2D eigenvalue weighted by Crippen LogP contribution is -2.06. The molecular formula is C9H10O4. The summed E-state index contributed by atoms with van der Waals surface area (Å²) < 4.78 is 4.46. The molecule has 1 heterocycles. The lowest BCUT2D eigenvalue weighted by molar-refractivity contribution is -0.151. The van der Waals surface area contributed by atoms with E-state index in [9.17, 15) is 9.59 Å². The molecule has 0 aromatic rings. The van der Waals surface area contributed by atoms with Gasteiger partial charge in [-0.25, -0.2) is 4.79 Å². The molecule has 13 heavy (non-hydrogen) atoms. The molecule has 0 bridgehead atoms. The monoisotopic (exact) mass is 182 g/mol. The summed E-state index contributed by atoms with van der Waals surface area (Å²) in [4.78, 5) is 20.8. The number of esters is 1. The molecular weight excluding hydrogens is 172 g/mol. The number of cyclic esters (lactones) is 1. The number of rotatable bonds is 4. The Morgan fingerprint density at radius 2 is 2.38 bits per heavy atom. The Bertz CT molecular complexity index is 265. The summed E-state index contributed by atoms with van der Waals surface area (Å²) in [5.41, 5.74) is 0.461. The third kappa shape index (κ3) is 2.83. The molecule has 70 valence electrons. The maximum absolute atomic E-state index is 10.9. The predicted molar refractivity (Wildman–Crippen MR) is 44.6 cm³/mol. The Kier molecular flexibility index (Phi) is 3.40.